The molecular weight excluding hydrogens is 688 g/mol. The Labute approximate surface area is 323 Å². The summed E-state index contributed by atoms with van der Waals surface area (Å²) in [7, 11) is 0. The highest BCUT2D eigenvalue weighted by molar-refractivity contribution is 6.92. The standard InChI is InChI=1S/C42H30B4N10/c1-2-14-35-33(13-1)47-41-53(36-15-3-5-17-38(36)55(35)41)31-19-20-34-40(29-31)56-39-18-6-4-16-37(39)54(42(56)48-34)32-21-25-46-51-28-11-8-23-44(51)49-26-10-7-22-43(49)50-27-12-9-24-45(50)52(46)30-32/h1-30H. The zero-order valence-electron chi connectivity index (χ0n) is 30.1. The highest BCUT2D eigenvalue weighted by atomic mass is 15.3. The lowest BCUT2D eigenvalue weighted by molar-refractivity contribution is 0.621. The van der Waals surface area contributed by atoms with E-state index in [0.29, 0.717) is 0 Å². The molecule has 4 aromatic carbocycles. The molecule has 0 spiro atoms. The van der Waals surface area contributed by atoms with Crippen molar-refractivity contribution in [2.75, 3.05) is 0 Å². The third-order valence-electron chi connectivity index (χ3n) is 11.9. The minimum absolute atomic E-state index is 0.0272. The Morgan fingerprint density at radius 3 is 1.57 bits per heavy atom. The maximum Gasteiger partial charge on any atom is 0.380 e. The smallest absolute Gasteiger partial charge is 0.380 e. The van der Waals surface area contributed by atoms with Crippen molar-refractivity contribution in [1.29, 1.82) is 0 Å². The van der Waals surface area contributed by atoms with Crippen molar-refractivity contribution in [3.05, 3.63) is 182 Å². The van der Waals surface area contributed by atoms with Crippen molar-refractivity contribution in [1.82, 2.24) is 46.8 Å². The maximum absolute atomic E-state index is 5.36. The molecule has 0 unspecified atom stereocenters. The van der Waals surface area contributed by atoms with Gasteiger partial charge in [0.05, 0.1) is 55.5 Å². The first kappa shape index (κ1) is 30.2. The third-order valence-corrected chi connectivity index (χ3v) is 11.9. The van der Waals surface area contributed by atoms with Gasteiger partial charge in [-0.05, 0) is 97.5 Å². The van der Waals surface area contributed by atoms with Gasteiger partial charge in [-0.3, -0.25) is 17.9 Å². The number of aromatic nitrogens is 6. The van der Waals surface area contributed by atoms with E-state index in [1.807, 2.05) is 6.07 Å². The van der Waals surface area contributed by atoms with Gasteiger partial charge in [-0.2, -0.15) is 0 Å². The second kappa shape index (κ2) is 11.2. The van der Waals surface area contributed by atoms with Crippen LogP contribution in [-0.2, 0) is 0 Å². The molecule has 0 radical (unpaired) electrons. The molecule has 4 aromatic heterocycles. The van der Waals surface area contributed by atoms with Crippen molar-refractivity contribution in [2.45, 2.75) is 0 Å². The number of para-hydroxylation sites is 6. The molecule has 260 valence electrons. The van der Waals surface area contributed by atoms with Crippen LogP contribution in [0.15, 0.2) is 182 Å². The third kappa shape index (κ3) is 3.99. The van der Waals surface area contributed by atoms with Crippen LogP contribution in [0.3, 0.4) is 0 Å². The summed E-state index contributed by atoms with van der Waals surface area (Å²) in [6.45, 7) is 0.0354. The highest BCUT2D eigenvalue weighted by Gasteiger charge is 2.50. The van der Waals surface area contributed by atoms with Crippen LogP contribution in [0.4, 0.5) is 0 Å². The molecule has 0 N–H and O–H groups in total. The molecule has 0 saturated carbocycles. The zero-order chi connectivity index (χ0) is 36.5. The summed E-state index contributed by atoms with van der Waals surface area (Å²) in [5.74, 6) is 11.0. The highest BCUT2D eigenvalue weighted by Crippen LogP contribution is 2.36. The second-order valence-electron chi connectivity index (χ2n) is 14.8. The minimum atomic E-state index is -0.0272. The number of hydrogen-bond donors (Lipinski definition) is 0. The lowest BCUT2D eigenvalue weighted by Crippen LogP contribution is -2.73. The number of hydrogen-bond acceptors (Lipinski definition) is 6. The Morgan fingerprint density at radius 1 is 0.411 bits per heavy atom. The zero-order valence-corrected chi connectivity index (χ0v) is 30.1. The Bertz CT molecular complexity index is 3220. The first-order valence-electron chi connectivity index (χ1n) is 19.1. The van der Waals surface area contributed by atoms with Gasteiger partial charge in [-0.25, -0.2) is 9.97 Å². The van der Waals surface area contributed by atoms with Crippen molar-refractivity contribution >= 4 is 89.3 Å². The predicted octanol–water partition coefficient (Wildman–Crippen LogP) is 7.14. The molecule has 1 saturated heterocycles. The molecule has 8 aromatic rings. The molecule has 0 amide bonds. The summed E-state index contributed by atoms with van der Waals surface area (Å²) >= 11 is 0. The molecule has 10 nitrogen and oxygen atoms in total. The molecule has 0 bridgehead atoms. The van der Waals surface area contributed by atoms with Crippen molar-refractivity contribution < 1.29 is 0 Å². The number of allylic oxidation sites excluding steroid dienone is 8. The fourth-order valence-electron chi connectivity index (χ4n) is 9.56. The molecule has 56 heavy (non-hydrogen) atoms. The summed E-state index contributed by atoms with van der Waals surface area (Å²) in [5.41, 5.74) is 10.6. The van der Waals surface area contributed by atoms with Gasteiger partial charge in [0, 0.05) is 6.20 Å². The van der Waals surface area contributed by atoms with Crippen molar-refractivity contribution in [3.8, 4) is 5.69 Å². The van der Waals surface area contributed by atoms with E-state index in [2.05, 4.69) is 213 Å². The SMILES string of the molecule is C1=CB2N(C=C1)B1C=CC=CN1B1C=CC(n3c4ccccc4n4c5cc(-n6c7ccccc7n7c8ccccc8nc67)ccc5nc34)=CN1B1C=CC=CN21. The number of benzene rings is 4. The van der Waals surface area contributed by atoms with Gasteiger partial charge in [0.1, 0.15) is 0 Å². The number of imidazole rings is 4. The Balaban J connectivity index is 1.01. The fraction of sp³-hybridized carbons (Fsp3) is 0. The van der Waals surface area contributed by atoms with E-state index in [-0.39, 0.29) is 27.9 Å². The van der Waals surface area contributed by atoms with Gasteiger partial charge in [0.2, 0.25) is 11.6 Å². The number of nitrogens with zero attached hydrogens (tertiary/aromatic N) is 10. The van der Waals surface area contributed by atoms with Crippen LogP contribution in [0.25, 0.3) is 67.1 Å². The molecule has 0 aliphatic carbocycles. The largest absolute Gasteiger partial charge is 0.423 e. The molecule has 9 heterocycles. The van der Waals surface area contributed by atoms with Crippen molar-refractivity contribution in [2.24, 2.45) is 0 Å². The number of fused-ring (bicyclic) bond motifs is 18. The predicted molar refractivity (Wildman–Crippen MR) is 230 cm³/mol. The van der Waals surface area contributed by atoms with Crippen LogP contribution < -0.4 is 0 Å². The first-order chi connectivity index (χ1) is 27.8. The Hall–Kier alpha value is -7.20. The summed E-state index contributed by atoms with van der Waals surface area (Å²) in [4.78, 5) is 10.5. The Kier molecular flexibility index (Phi) is 6.02. The normalized spacial score (nSPS) is 17.3. The molecule has 5 aliphatic rings. The quantitative estimate of drug-likeness (QED) is 0.177. The molecule has 13 rings (SSSR count). The van der Waals surface area contributed by atoms with Gasteiger partial charge >= 0.3 is 27.9 Å². The summed E-state index contributed by atoms with van der Waals surface area (Å²) in [6, 6.07) is 32.1. The summed E-state index contributed by atoms with van der Waals surface area (Å²) < 4.78 is 19.0. The average Bonchev–Trinajstić information content (AvgIpc) is 3.99. The van der Waals surface area contributed by atoms with Crippen LogP contribution in [0.5, 0.6) is 0 Å². The van der Waals surface area contributed by atoms with Crippen LogP contribution >= 0.6 is 0 Å². The molecule has 5 aliphatic heterocycles. The van der Waals surface area contributed by atoms with Gasteiger partial charge in [0.25, 0.3) is 0 Å². The summed E-state index contributed by atoms with van der Waals surface area (Å²) in [6.07, 6.45) is 24.2. The molecule has 0 atom stereocenters. The lowest BCUT2D eigenvalue weighted by atomic mass is 9.42. The number of rotatable bonds is 2. The Morgan fingerprint density at radius 2 is 0.911 bits per heavy atom. The van der Waals surface area contributed by atoms with Crippen molar-refractivity contribution in [3.63, 3.8) is 0 Å². The molecule has 1 fully saturated rings. The minimum Gasteiger partial charge on any atom is -0.423 e. The van der Waals surface area contributed by atoms with Gasteiger partial charge in [-0.15, -0.1) is 0 Å². The van der Waals surface area contributed by atoms with E-state index < -0.39 is 0 Å². The van der Waals surface area contributed by atoms with Gasteiger partial charge < -0.3 is 18.9 Å². The molecule has 14 heteroatoms. The second-order valence-corrected chi connectivity index (χ2v) is 14.8. The van der Waals surface area contributed by atoms with Gasteiger partial charge in [0.15, 0.2) is 0 Å². The van der Waals surface area contributed by atoms with E-state index in [1.165, 1.54) is 0 Å². The van der Waals surface area contributed by atoms with Crippen LogP contribution in [0.1, 0.15) is 0 Å². The van der Waals surface area contributed by atoms with E-state index in [9.17, 15) is 0 Å². The van der Waals surface area contributed by atoms with Crippen LogP contribution in [0, 0.1) is 0 Å². The van der Waals surface area contributed by atoms with Crippen LogP contribution in [-0.4, -0.2) is 74.7 Å². The van der Waals surface area contributed by atoms with Crippen LogP contribution in [0.2, 0.25) is 0 Å². The molecular formula is C42H30B4N10. The average molecular weight is 718 g/mol. The maximum atomic E-state index is 5.36. The summed E-state index contributed by atoms with van der Waals surface area (Å²) in [5, 5.41) is 0. The topological polar surface area (TPSA) is 57.4 Å². The van der Waals surface area contributed by atoms with E-state index in [1.54, 1.807) is 0 Å². The van der Waals surface area contributed by atoms with E-state index >= 15 is 0 Å². The van der Waals surface area contributed by atoms with E-state index in [4.69, 9.17) is 9.97 Å². The van der Waals surface area contributed by atoms with Gasteiger partial charge in [-0.1, -0.05) is 78.5 Å². The monoisotopic (exact) mass is 718 g/mol. The first-order valence-corrected chi connectivity index (χ1v) is 19.1. The van der Waals surface area contributed by atoms with E-state index in [0.717, 1.165) is 67.1 Å². The fourth-order valence-corrected chi connectivity index (χ4v) is 9.56. The lowest BCUT2D eigenvalue weighted by Gasteiger charge is -2.53.